The number of benzene rings is 2. The molecule has 1 heterocycles. The van der Waals surface area contributed by atoms with E-state index in [1.54, 1.807) is 12.1 Å². The van der Waals surface area contributed by atoms with Crippen molar-refractivity contribution in [2.45, 2.75) is 24.7 Å². The summed E-state index contributed by atoms with van der Waals surface area (Å²) in [5, 5.41) is 2.55. The molecule has 0 aliphatic carbocycles. The Bertz CT molecular complexity index is 1080. The summed E-state index contributed by atoms with van der Waals surface area (Å²) in [4.78, 5) is 38.1. The number of sulfonamides is 1. The Morgan fingerprint density at radius 1 is 1.00 bits per heavy atom. The van der Waals surface area contributed by atoms with E-state index in [9.17, 15) is 22.8 Å². The SMILES string of the molecule is Cc1ccc(S(=O)(=O)N(CC(=O)Nc2ccc(C(N)=O)cc2)C(=O)N2CCCC2)cc1. The number of nitrogens with two attached hydrogens (primary N) is 1. The Labute approximate surface area is 180 Å². The molecule has 0 aromatic heterocycles. The number of hydrogen-bond acceptors (Lipinski definition) is 5. The summed E-state index contributed by atoms with van der Waals surface area (Å²) in [6.07, 6.45) is 1.56. The smallest absolute Gasteiger partial charge is 0.334 e. The standard InChI is InChI=1S/C21H24N4O5S/c1-15-4-10-18(11-5-15)31(29,30)25(21(28)24-12-2-3-13-24)14-19(26)23-17-8-6-16(7-9-17)20(22)27/h4-11H,2-3,12-14H2,1H3,(H2,22,27)(H,23,26). The van der Waals surface area contributed by atoms with Crippen molar-refractivity contribution < 1.29 is 22.8 Å². The molecule has 9 nitrogen and oxygen atoms in total. The molecule has 3 N–H and O–H groups in total. The van der Waals surface area contributed by atoms with Crippen LogP contribution in [0.3, 0.4) is 0 Å². The van der Waals surface area contributed by atoms with Gasteiger partial charge in [-0.25, -0.2) is 17.5 Å². The predicted molar refractivity (Wildman–Crippen MR) is 115 cm³/mol. The molecule has 1 aliphatic heterocycles. The van der Waals surface area contributed by atoms with E-state index in [1.165, 1.54) is 41.3 Å². The lowest BCUT2D eigenvalue weighted by molar-refractivity contribution is -0.116. The largest absolute Gasteiger partial charge is 0.366 e. The number of rotatable bonds is 6. The quantitative estimate of drug-likeness (QED) is 0.703. The Morgan fingerprint density at radius 3 is 2.13 bits per heavy atom. The molecule has 3 rings (SSSR count). The van der Waals surface area contributed by atoms with Gasteiger partial charge in [0, 0.05) is 24.3 Å². The lowest BCUT2D eigenvalue weighted by Crippen LogP contribution is -2.48. The molecule has 2 aromatic carbocycles. The van der Waals surface area contributed by atoms with Gasteiger partial charge in [0.25, 0.3) is 10.0 Å². The van der Waals surface area contributed by atoms with Gasteiger partial charge < -0.3 is 16.0 Å². The summed E-state index contributed by atoms with van der Waals surface area (Å²) in [5.41, 5.74) is 6.68. The Hall–Kier alpha value is -3.40. The zero-order chi connectivity index (χ0) is 22.6. The van der Waals surface area contributed by atoms with Crippen molar-refractivity contribution in [1.82, 2.24) is 9.21 Å². The molecule has 31 heavy (non-hydrogen) atoms. The van der Waals surface area contributed by atoms with Crippen LogP contribution < -0.4 is 11.1 Å². The number of carbonyl (C=O) groups is 3. The van der Waals surface area contributed by atoms with Gasteiger partial charge in [0.2, 0.25) is 11.8 Å². The third-order valence-corrected chi connectivity index (χ3v) is 6.67. The van der Waals surface area contributed by atoms with Gasteiger partial charge in [-0.3, -0.25) is 9.59 Å². The van der Waals surface area contributed by atoms with E-state index in [1.807, 2.05) is 6.92 Å². The first-order valence-corrected chi connectivity index (χ1v) is 11.2. The second-order valence-electron chi connectivity index (χ2n) is 7.29. The molecule has 1 saturated heterocycles. The second-order valence-corrected chi connectivity index (χ2v) is 9.15. The third-order valence-electron chi connectivity index (χ3n) is 4.94. The van der Waals surface area contributed by atoms with Crippen molar-refractivity contribution in [2.75, 3.05) is 25.0 Å². The molecule has 1 aliphatic rings. The first-order valence-electron chi connectivity index (χ1n) is 9.76. The maximum atomic E-state index is 13.2. The number of aryl methyl sites for hydroxylation is 1. The van der Waals surface area contributed by atoms with Crippen LogP contribution in [0.5, 0.6) is 0 Å². The lowest BCUT2D eigenvalue weighted by Gasteiger charge is -2.27. The molecule has 4 amide bonds. The van der Waals surface area contributed by atoms with Crippen LogP contribution in [0.2, 0.25) is 0 Å². The fourth-order valence-corrected chi connectivity index (χ4v) is 4.55. The molecule has 0 unspecified atom stereocenters. The minimum Gasteiger partial charge on any atom is -0.366 e. The number of nitrogens with one attached hydrogen (secondary N) is 1. The number of carbonyl (C=O) groups excluding carboxylic acids is 3. The number of amides is 4. The van der Waals surface area contributed by atoms with Gasteiger partial charge in [0.05, 0.1) is 4.90 Å². The van der Waals surface area contributed by atoms with Crippen molar-refractivity contribution in [3.63, 3.8) is 0 Å². The van der Waals surface area contributed by atoms with Crippen LogP contribution >= 0.6 is 0 Å². The highest BCUT2D eigenvalue weighted by atomic mass is 32.2. The minimum absolute atomic E-state index is 0.0655. The van der Waals surface area contributed by atoms with Gasteiger partial charge in [-0.2, -0.15) is 0 Å². The van der Waals surface area contributed by atoms with Crippen LogP contribution in [0.1, 0.15) is 28.8 Å². The van der Waals surface area contributed by atoms with Gasteiger partial charge in [0.15, 0.2) is 0 Å². The lowest BCUT2D eigenvalue weighted by atomic mass is 10.2. The summed E-state index contributed by atoms with van der Waals surface area (Å²) in [7, 11) is -4.24. The average molecular weight is 445 g/mol. The van der Waals surface area contributed by atoms with Crippen molar-refractivity contribution in [1.29, 1.82) is 0 Å². The third kappa shape index (κ3) is 5.21. The fourth-order valence-electron chi connectivity index (χ4n) is 3.21. The number of primary amides is 1. The molecular formula is C21H24N4O5S. The average Bonchev–Trinajstić information content (AvgIpc) is 3.27. The Balaban J connectivity index is 1.83. The highest BCUT2D eigenvalue weighted by Crippen LogP contribution is 2.20. The Morgan fingerprint density at radius 2 is 1.58 bits per heavy atom. The van der Waals surface area contributed by atoms with E-state index in [-0.39, 0.29) is 10.5 Å². The van der Waals surface area contributed by atoms with Crippen molar-refractivity contribution in [3.05, 3.63) is 59.7 Å². The molecule has 1 fully saturated rings. The molecule has 0 bridgehead atoms. The zero-order valence-electron chi connectivity index (χ0n) is 17.1. The number of anilines is 1. The second kappa shape index (κ2) is 9.17. The van der Waals surface area contributed by atoms with E-state index >= 15 is 0 Å². The van der Waals surface area contributed by atoms with Crippen LogP contribution in [0.25, 0.3) is 0 Å². The van der Waals surface area contributed by atoms with Crippen molar-refractivity contribution in [2.24, 2.45) is 5.73 Å². The number of nitrogens with zero attached hydrogens (tertiary/aromatic N) is 2. The normalized spacial score (nSPS) is 13.6. The van der Waals surface area contributed by atoms with Crippen LogP contribution in [-0.2, 0) is 14.8 Å². The first-order chi connectivity index (χ1) is 14.7. The van der Waals surface area contributed by atoms with Gasteiger partial charge in [0.1, 0.15) is 6.54 Å². The van der Waals surface area contributed by atoms with Crippen molar-refractivity contribution >= 4 is 33.6 Å². The molecule has 10 heteroatoms. The first kappa shape index (κ1) is 22.3. The summed E-state index contributed by atoms with van der Waals surface area (Å²) in [5.74, 6) is -1.29. The van der Waals surface area contributed by atoms with E-state index in [4.69, 9.17) is 5.73 Å². The summed E-state index contributed by atoms with van der Waals surface area (Å²) in [6.45, 7) is 2.02. The fraction of sp³-hybridized carbons (Fsp3) is 0.286. The van der Waals surface area contributed by atoms with Crippen LogP contribution in [0.15, 0.2) is 53.4 Å². The summed E-state index contributed by atoms with van der Waals surface area (Å²) >= 11 is 0. The summed E-state index contributed by atoms with van der Waals surface area (Å²) < 4.78 is 27.0. The van der Waals surface area contributed by atoms with E-state index < -0.39 is 34.4 Å². The zero-order valence-corrected chi connectivity index (χ0v) is 17.9. The predicted octanol–water partition coefficient (Wildman–Crippen LogP) is 1.94. The van der Waals surface area contributed by atoms with Gasteiger partial charge in [-0.15, -0.1) is 0 Å². The van der Waals surface area contributed by atoms with Gasteiger partial charge in [-0.05, 0) is 56.2 Å². The van der Waals surface area contributed by atoms with Crippen molar-refractivity contribution in [3.8, 4) is 0 Å². The minimum atomic E-state index is -4.24. The van der Waals surface area contributed by atoms with Crippen LogP contribution in [0.4, 0.5) is 10.5 Å². The topological polar surface area (TPSA) is 130 Å². The van der Waals surface area contributed by atoms with Gasteiger partial charge in [-0.1, -0.05) is 17.7 Å². The number of likely N-dealkylation sites (tertiary alicyclic amines) is 1. The molecular weight excluding hydrogens is 420 g/mol. The molecule has 0 saturated carbocycles. The van der Waals surface area contributed by atoms with Crippen LogP contribution in [0, 0.1) is 6.92 Å². The highest BCUT2D eigenvalue weighted by Gasteiger charge is 2.35. The summed E-state index contributed by atoms with van der Waals surface area (Å²) in [6, 6.07) is 11.2. The highest BCUT2D eigenvalue weighted by molar-refractivity contribution is 7.89. The maximum Gasteiger partial charge on any atom is 0.334 e. The molecule has 0 spiro atoms. The molecule has 2 aromatic rings. The number of urea groups is 1. The molecule has 0 radical (unpaired) electrons. The van der Waals surface area contributed by atoms with E-state index in [0.717, 1.165) is 18.4 Å². The van der Waals surface area contributed by atoms with E-state index in [2.05, 4.69) is 5.32 Å². The maximum absolute atomic E-state index is 13.2. The molecule has 0 atom stereocenters. The Kier molecular flexibility index (Phi) is 6.59. The van der Waals surface area contributed by atoms with E-state index in [0.29, 0.717) is 23.1 Å². The van der Waals surface area contributed by atoms with Crippen LogP contribution in [-0.4, -0.2) is 55.1 Å². The molecule has 164 valence electrons. The monoisotopic (exact) mass is 444 g/mol. The number of hydrogen-bond donors (Lipinski definition) is 2. The van der Waals surface area contributed by atoms with Gasteiger partial charge >= 0.3 is 6.03 Å².